The molecule has 0 saturated carbocycles. The van der Waals surface area contributed by atoms with Gasteiger partial charge >= 0.3 is 0 Å². The van der Waals surface area contributed by atoms with Gasteiger partial charge in [-0.05, 0) is 35.9 Å². The molecule has 0 unspecified atom stereocenters. The molecule has 3 rings (SSSR count). The Hall–Kier alpha value is -2.86. The number of aldehydes is 1. The third kappa shape index (κ3) is 5.32. The standard InChI is InChI=1S/C20H18N2O3S/c23-12-4-5-16-8-10-17(11-9-16)20-22-21-19(25-20)15-26-14-13-24-18-6-2-1-3-7-18/h1-12H,13-15H2. The molecule has 132 valence electrons. The first-order valence-electron chi connectivity index (χ1n) is 8.15. The molecule has 0 bridgehead atoms. The molecule has 0 spiro atoms. The van der Waals surface area contributed by atoms with Crippen LogP contribution in [0.2, 0.25) is 0 Å². The minimum atomic E-state index is 0.493. The van der Waals surface area contributed by atoms with E-state index in [0.717, 1.165) is 28.9 Å². The van der Waals surface area contributed by atoms with Crippen LogP contribution in [0.1, 0.15) is 11.5 Å². The topological polar surface area (TPSA) is 65.2 Å². The van der Waals surface area contributed by atoms with Crippen LogP contribution < -0.4 is 4.74 Å². The second-order valence-electron chi connectivity index (χ2n) is 5.33. The molecule has 0 N–H and O–H groups in total. The molecule has 0 amide bonds. The second kappa shape index (κ2) is 9.58. The van der Waals surface area contributed by atoms with Crippen molar-refractivity contribution in [2.24, 2.45) is 0 Å². The fourth-order valence-corrected chi connectivity index (χ4v) is 2.85. The molecule has 1 aromatic heterocycles. The molecular formula is C20H18N2O3S. The Morgan fingerprint density at radius 2 is 1.85 bits per heavy atom. The molecule has 2 aromatic carbocycles. The smallest absolute Gasteiger partial charge is 0.247 e. The van der Waals surface area contributed by atoms with E-state index in [2.05, 4.69) is 10.2 Å². The van der Waals surface area contributed by atoms with E-state index in [0.29, 0.717) is 24.1 Å². The third-order valence-electron chi connectivity index (χ3n) is 3.46. The van der Waals surface area contributed by atoms with Crippen LogP contribution in [-0.4, -0.2) is 28.8 Å². The summed E-state index contributed by atoms with van der Waals surface area (Å²) in [6.07, 6.45) is 3.95. The molecular weight excluding hydrogens is 348 g/mol. The zero-order chi connectivity index (χ0) is 18.0. The van der Waals surface area contributed by atoms with E-state index in [4.69, 9.17) is 9.15 Å². The zero-order valence-corrected chi connectivity index (χ0v) is 14.9. The van der Waals surface area contributed by atoms with Crippen LogP contribution in [0.3, 0.4) is 0 Å². The summed E-state index contributed by atoms with van der Waals surface area (Å²) in [6, 6.07) is 17.3. The molecule has 1 heterocycles. The lowest BCUT2D eigenvalue weighted by atomic mass is 10.1. The summed E-state index contributed by atoms with van der Waals surface area (Å²) in [4.78, 5) is 10.3. The molecule has 0 fully saturated rings. The van der Waals surface area contributed by atoms with Crippen LogP contribution in [0.4, 0.5) is 0 Å². The summed E-state index contributed by atoms with van der Waals surface area (Å²) in [5.41, 5.74) is 1.79. The maximum atomic E-state index is 10.3. The van der Waals surface area contributed by atoms with Gasteiger partial charge in [0.2, 0.25) is 11.8 Å². The van der Waals surface area contributed by atoms with Crippen molar-refractivity contribution >= 4 is 24.1 Å². The van der Waals surface area contributed by atoms with E-state index in [1.807, 2.05) is 54.6 Å². The van der Waals surface area contributed by atoms with E-state index >= 15 is 0 Å². The van der Waals surface area contributed by atoms with Gasteiger partial charge in [0, 0.05) is 11.3 Å². The van der Waals surface area contributed by atoms with Crippen LogP contribution in [0.25, 0.3) is 17.5 Å². The summed E-state index contributed by atoms with van der Waals surface area (Å²) < 4.78 is 11.3. The molecule has 0 aliphatic rings. The highest BCUT2D eigenvalue weighted by Gasteiger charge is 2.08. The normalized spacial score (nSPS) is 10.9. The number of thioether (sulfide) groups is 1. The number of rotatable bonds is 9. The number of ether oxygens (including phenoxy) is 1. The van der Waals surface area contributed by atoms with E-state index < -0.39 is 0 Å². The van der Waals surface area contributed by atoms with Crippen molar-refractivity contribution in [1.29, 1.82) is 0 Å². The summed E-state index contributed by atoms with van der Waals surface area (Å²) in [5.74, 6) is 3.44. The van der Waals surface area contributed by atoms with Crippen molar-refractivity contribution in [2.75, 3.05) is 12.4 Å². The van der Waals surface area contributed by atoms with E-state index in [1.54, 1.807) is 17.8 Å². The van der Waals surface area contributed by atoms with E-state index in [9.17, 15) is 4.79 Å². The van der Waals surface area contributed by atoms with Crippen molar-refractivity contribution in [3.05, 3.63) is 72.1 Å². The van der Waals surface area contributed by atoms with Gasteiger partial charge in [0.25, 0.3) is 0 Å². The van der Waals surface area contributed by atoms with E-state index in [1.165, 1.54) is 6.08 Å². The lowest BCUT2D eigenvalue weighted by molar-refractivity contribution is -0.104. The van der Waals surface area contributed by atoms with Crippen molar-refractivity contribution in [1.82, 2.24) is 10.2 Å². The van der Waals surface area contributed by atoms with Crippen LogP contribution in [0.15, 0.2) is 65.1 Å². The predicted octanol–water partition coefficient (Wildman–Crippen LogP) is 4.26. The first-order valence-corrected chi connectivity index (χ1v) is 9.31. The van der Waals surface area contributed by atoms with E-state index in [-0.39, 0.29) is 0 Å². The van der Waals surface area contributed by atoms with Crippen molar-refractivity contribution < 1.29 is 13.9 Å². The Labute approximate surface area is 156 Å². The van der Waals surface area contributed by atoms with Gasteiger partial charge in [-0.1, -0.05) is 36.4 Å². The first kappa shape index (κ1) is 17.9. The largest absolute Gasteiger partial charge is 0.493 e. The SMILES string of the molecule is O=CC=Cc1ccc(-c2nnc(CSCCOc3ccccc3)o2)cc1. The molecule has 0 atom stereocenters. The highest BCUT2D eigenvalue weighted by molar-refractivity contribution is 7.98. The Morgan fingerprint density at radius 1 is 1.04 bits per heavy atom. The quantitative estimate of drug-likeness (QED) is 0.320. The maximum Gasteiger partial charge on any atom is 0.247 e. The molecule has 3 aromatic rings. The fourth-order valence-electron chi connectivity index (χ4n) is 2.21. The number of para-hydroxylation sites is 1. The maximum absolute atomic E-state index is 10.3. The van der Waals surface area contributed by atoms with Gasteiger partial charge in [0.1, 0.15) is 12.0 Å². The molecule has 0 aliphatic carbocycles. The fraction of sp³-hybridized carbons (Fsp3) is 0.150. The first-order chi connectivity index (χ1) is 12.8. The second-order valence-corrected chi connectivity index (χ2v) is 6.44. The summed E-state index contributed by atoms with van der Waals surface area (Å²) in [7, 11) is 0. The Kier molecular flexibility index (Phi) is 6.61. The Morgan fingerprint density at radius 3 is 2.62 bits per heavy atom. The highest BCUT2D eigenvalue weighted by Crippen LogP contribution is 2.21. The van der Waals surface area contributed by atoms with Gasteiger partial charge in [0.05, 0.1) is 12.4 Å². The summed E-state index contributed by atoms with van der Waals surface area (Å²) >= 11 is 1.68. The predicted molar refractivity (Wildman–Crippen MR) is 103 cm³/mol. The number of carbonyl (C=O) groups excluding carboxylic acids is 1. The molecule has 6 heteroatoms. The van der Waals surface area contributed by atoms with Gasteiger partial charge in [0.15, 0.2) is 0 Å². The minimum absolute atomic E-state index is 0.493. The third-order valence-corrected chi connectivity index (χ3v) is 4.36. The molecule has 0 aliphatic heterocycles. The van der Waals surface area contributed by atoms with Crippen molar-refractivity contribution in [2.45, 2.75) is 5.75 Å². The average molecular weight is 366 g/mol. The molecule has 5 nitrogen and oxygen atoms in total. The number of benzene rings is 2. The zero-order valence-electron chi connectivity index (χ0n) is 14.1. The molecule has 0 radical (unpaired) electrons. The molecule has 0 saturated heterocycles. The van der Waals surface area contributed by atoms with Crippen LogP contribution in [0.5, 0.6) is 5.75 Å². The Bertz CT molecular complexity index is 845. The van der Waals surface area contributed by atoms with Crippen LogP contribution >= 0.6 is 11.8 Å². The number of hydrogen-bond acceptors (Lipinski definition) is 6. The van der Waals surface area contributed by atoms with Gasteiger partial charge in [-0.15, -0.1) is 22.0 Å². The van der Waals surface area contributed by atoms with Gasteiger partial charge in [-0.2, -0.15) is 0 Å². The number of aromatic nitrogens is 2. The lowest BCUT2D eigenvalue weighted by Gasteiger charge is -2.04. The van der Waals surface area contributed by atoms with Crippen LogP contribution in [-0.2, 0) is 10.5 Å². The van der Waals surface area contributed by atoms with Gasteiger partial charge in [-0.3, -0.25) is 4.79 Å². The lowest BCUT2D eigenvalue weighted by Crippen LogP contribution is -2.00. The van der Waals surface area contributed by atoms with Gasteiger partial charge < -0.3 is 9.15 Å². The minimum Gasteiger partial charge on any atom is -0.493 e. The summed E-state index contributed by atoms with van der Waals surface area (Å²) in [6.45, 7) is 0.630. The summed E-state index contributed by atoms with van der Waals surface area (Å²) in [5, 5.41) is 8.17. The molecule has 26 heavy (non-hydrogen) atoms. The van der Waals surface area contributed by atoms with Crippen molar-refractivity contribution in [3.8, 4) is 17.2 Å². The van der Waals surface area contributed by atoms with Gasteiger partial charge in [-0.25, -0.2) is 0 Å². The van der Waals surface area contributed by atoms with Crippen LogP contribution in [0, 0.1) is 0 Å². The highest BCUT2D eigenvalue weighted by atomic mass is 32.2. The number of allylic oxidation sites excluding steroid dienone is 1. The van der Waals surface area contributed by atoms with Crippen molar-refractivity contribution in [3.63, 3.8) is 0 Å². The number of carbonyl (C=O) groups is 1. The number of nitrogens with zero attached hydrogens (tertiary/aromatic N) is 2. The Balaban J connectivity index is 1.45. The number of hydrogen-bond donors (Lipinski definition) is 0. The monoisotopic (exact) mass is 366 g/mol. The average Bonchev–Trinajstić information content (AvgIpc) is 3.16.